The van der Waals surface area contributed by atoms with Crippen LogP contribution < -0.4 is 5.32 Å². The third-order valence-corrected chi connectivity index (χ3v) is 4.30. The van der Waals surface area contributed by atoms with Crippen LogP contribution in [0.3, 0.4) is 0 Å². The minimum atomic E-state index is -0.784. The summed E-state index contributed by atoms with van der Waals surface area (Å²) in [7, 11) is 0. The van der Waals surface area contributed by atoms with E-state index in [-0.39, 0.29) is 12.3 Å². The van der Waals surface area contributed by atoms with Gasteiger partial charge >= 0.3 is 0 Å². The highest BCUT2D eigenvalue weighted by Gasteiger charge is 2.25. The molecule has 0 aliphatic heterocycles. The minimum absolute atomic E-state index is 0.0913. The Morgan fingerprint density at radius 1 is 1.43 bits per heavy atom. The summed E-state index contributed by atoms with van der Waals surface area (Å²) in [6.45, 7) is 4.40. The largest absolute Gasteiger partial charge is 0.388 e. The van der Waals surface area contributed by atoms with Crippen molar-refractivity contribution in [1.82, 2.24) is 14.7 Å². The summed E-state index contributed by atoms with van der Waals surface area (Å²) in [5.74, 6) is -0.0913. The molecule has 0 saturated heterocycles. The molecule has 0 spiro atoms. The van der Waals surface area contributed by atoms with Gasteiger partial charge in [0.15, 0.2) is 4.96 Å². The van der Waals surface area contributed by atoms with Gasteiger partial charge in [0.2, 0.25) is 5.91 Å². The summed E-state index contributed by atoms with van der Waals surface area (Å²) < 4.78 is 1.91. The number of thiazole rings is 1. The van der Waals surface area contributed by atoms with Crippen LogP contribution in [0, 0.1) is 0 Å². The summed E-state index contributed by atoms with van der Waals surface area (Å²) in [5, 5.41) is 15.3. The van der Waals surface area contributed by atoms with Crippen molar-refractivity contribution in [2.45, 2.75) is 51.6 Å². The monoisotopic (exact) mass is 309 g/mol. The Bertz CT molecular complexity index is 556. The van der Waals surface area contributed by atoms with Gasteiger partial charge in [0.25, 0.3) is 0 Å². The maximum Gasteiger partial charge on any atom is 0.226 e. The van der Waals surface area contributed by atoms with Gasteiger partial charge in [-0.2, -0.15) is 0 Å². The van der Waals surface area contributed by atoms with Crippen LogP contribution >= 0.6 is 11.3 Å². The van der Waals surface area contributed by atoms with Crippen molar-refractivity contribution >= 4 is 22.2 Å². The fourth-order valence-corrected chi connectivity index (χ4v) is 3.30. The first kappa shape index (κ1) is 16.0. The van der Waals surface area contributed by atoms with Crippen LogP contribution in [0.15, 0.2) is 17.8 Å². The zero-order valence-electron chi connectivity index (χ0n) is 12.6. The molecule has 0 aromatic carbocycles. The molecule has 2 heterocycles. The smallest absolute Gasteiger partial charge is 0.226 e. The lowest BCUT2D eigenvalue weighted by Crippen LogP contribution is -2.43. The SMILES string of the molecule is CCCC(O)(CCC)CNC(=O)Cc1cn2ccsc2n1. The maximum atomic E-state index is 12.0. The van der Waals surface area contributed by atoms with E-state index in [9.17, 15) is 9.90 Å². The van der Waals surface area contributed by atoms with Gasteiger partial charge in [-0.25, -0.2) is 4.98 Å². The molecule has 0 bridgehead atoms. The van der Waals surface area contributed by atoms with E-state index in [1.807, 2.05) is 36.0 Å². The average molecular weight is 309 g/mol. The lowest BCUT2D eigenvalue weighted by molar-refractivity contribution is -0.122. The van der Waals surface area contributed by atoms with Gasteiger partial charge < -0.3 is 10.4 Å². The standard InChI is InChI=1S/C15H23N3O2S/c1-3-5-15(20,6-4-2)11-16-13(19)9-12-10-18-7-8-21-14(18)17-12/h7-8,10,20H,3-6,9,11H2,1-2H3,(H,16,19). The number of hydrogen-bond donors (Lipinski definition) is 2. The predicted octanol–water partition coefficient (Wildman–Crippen LogP) is 2.39. The molecule has 2 N–H and O–H groups in total. The van der Waals surface area contributed by atoms with Gasteiger partial charge in [0.05, 0.1) is 17.7 Å². The van der Waals surface area contributed by atoms with Crippen LogP contribution in [0.25, 0.3) is 4.96 Å². The number of aliphatic hydroxyl groups is 1. The lowest BCUT2D eigenvalue weighted by Gasteiger charge is -2.27. The van der Waals surface area contributed by atoms with Crippen molar-refractivity contribution in [1.29, 1.82) is 0 Å². The second-order valence-electron chi connectivity index (χ2n) is 5.50. The fraction of sp³-hybridized carbons (Fsp3) is 0.600. The molecule has 0 aliphatic carbocycles. The Balaban J connectivity index is 1.87. The number of fused-ring (bicyclic) bond motifs is 1. The van der Waals surface area contributed by atoms with E-state index in [1.165, 1.54) is 0 Å². The predicted molar refractivity (Wildman–Crippen MR) is 84.5 cm³/mol. The van der Waals surface area contributed by atoms with Gasteiger partial charge in [-0.3, -0.25) is 9.20 Å². The Morgan fingerprint density at radius 3 is 2.76 bits per heavy atom. The van der Waals surface area contributed by atoms with Gasteiger partial charge in [0, 0.05) is 24.3 Å². The lowest BCUT2D eigenvalue weighted by atomic mass is 9.92. The number of hydrogen-bond acceptors (Lipinski definition) is 4. The molecule has 0 unspecified atom stereocenters. The molecule has 2 rings (SSSR count). The number of imidazole rings is 1. The van der Waals surface area contributed by atoms with Crippen molar-refractivity contribution in [3.05, 3.63) is 23.5 Å². The van der Waals surface area contributed by atoms with Gasteiger partial charge in [-0.15, -0.1) is 11.3 Å². The van der Waals surface area contributed by atoms with Crippen LogP contribution in [0.2, 0.25) is 0 Å². The van der Waals surface area contributed by atoms with Crippen LogP contribution in [0.5, 0.6) is 0 Å². The molecule has 0 radical (unpaired) electrons. The van der Waals surface area contributed by atoms with Gasteiger partial charge in [0.1, 0.15) is 0 Å². The molecule has 6 heteroatoms. The number of aromatic nitrogens is 2. The number of carbonyl (C=O) groups excluding carboxylic acids is 1. The van der Waals surface area contributed by atoms with E-state index in [0.717, 1.165) is 23.5 Å². The highest BCUT2D eigenvalue weighted by molar-refractivity contribution is 7.15. The van der Waals surface area contributed by atoms with Crippen molar-refractivity contribution < 1.29 is 9.90 Å². The molecule has 0 fully saturated rings. The summed E-state index contributed by atoms with van der Waals surface area (Å²) in [6.07, 6.45) is 7.28. The van der Waals surface area contributed by atoms with Gasteiger partial charge in [-0.1, -0.05) is 26.7 Å². The number of carbonyl (C=O) groups is 1. The third kappa shape index (κ3) is 4.28. The first-order chi connectivity index (χ1) is 10.1. The van der Waals surface area contributed by atoms with Gasteiger partial charge in [-0.05, 0) is 12.8 Å². The molecule has 0 atom stereocenters. The summed E-state index contributed by atoms with van der Waals surface area (Å²) in [5.41, 5.74) is -0.0258. The molecule has 0 aliphatic rings. The summed E-state index contributed by atoms with van der Waals surface area (Å²) in [4.78, 5) is 17.3. The highest BCUT2D eigenvalue weighted by atomic mass is 32.1. The maximum absolute atomic E-state index is 12.0. The molecular formula is C15H23N3O2S. The van der Waals surface area contributed by atoms with E-state index < -0.39 is 5.60 Å². The van der Waals surface area contributed by atoms with Crippen LogP contribution in [0.1, 0.15) is 45.2 Å². The molecule has 2 aromatic rings. The fourth-order valence-electron chi connectivity index (χ4n) is 2.58. The number of amides is 1. The second-order valence-corrected chi connectivity index (χ2v) is 6.38. The first-order valence-corrected chi connectivity index (χ1v) is 8.34. The van der Waals surface area contributed by atoms with Crippen LogP contribution in [-0.4, -0.2) is 32.5 Å². The normalized spacial score (nSPS) is 12.0. The molecular weight excluding hydrogens is 286 g/mol. The molecule has 116 valence electrons. The first-order valence-electron chi connectivity index (χ1n) is 7.46. The van der Waals surface area contributed by atoms with Crippen LogP contribution in [0.4, 0.5) is 0 Å². The van der Waals surface area contributed by atoms with Crippen molar-refractivity contribution in [3.63, 3.8) is 0 Å². The zero-order valence-corrected chi connectivity index (χ0v) is 13.4. The van der Waals surface area contributed by atoms with E-state index in [1.54, 1.807) is 11.3 Å². The molecule has 0 saturated carbocycles. The topological polar surface area (TPSA) is 66.6 Å². The molecule has 1 amide bonds. The van der Waals surface area contributed by atoms with E-state index in [2.05, 4.69) is 10.3 Å². The Labute approximate surface area is 129 Å². The minimum Gasteiger partial charge on any atom is -0.388 e. The van der Waals surface area contributed by atoms with E-state index >= 15 is 0 Å². The van der Waals surface area contributed by atoms with E-state index in [4.69, 9.17) is 0 Å². The quantitative estimate of drug-likeness (QED) is 0.787. The highest BCUT2D eigenvalue weighted by Crippen LogP contribution is 2.18. The number of rotatable bonds is 8. The van der Waals surface area contributed by atoms with Crippen molar-refractivity contribution in [2.75, 3.05) is 6.54 Å². The summed E-state index contributed by atoms with van der Waals surface area (Å²) >= 11 is 1.55. The molecule has 2 aromatic heterocycles. The Kier molecular flexibility index (Phi) is 5.36. The van der Waals surface area contributed by atoms with Crippen LogP contribution in [-0.2, 0) is 11.2 Å². The Morgan fingerprint density at radius 2 is 2.14 bits per heavy atom. The second kappa shape index (κ2) is 7.04. The van der Waals surface area contributed by atoms with Crippen molar-refractivity contribution in [2.24, 2.45) is 0 Å². The molecule has 5 nitrogen and oxygen atoms in total. The number of nitrogens with one attached hydrogen (secondary N) is 1. The summed E-state index contributed by atoms with van der Waals surface area (Å²) in [6, 6.07) is 0. The third-order valence-electron chi connectivity index (χ3n) is 3.53. The zero-order chi connectivity index (χ0) is 15.3. The van der Waals surface area contributed by atoms with Crippen molar-refractivity contribution in [3.8, 4) is 0 Å². The number of nitrogens with zero attached hydrogens (tertiary/aromatic N) is 2. The Hall–Kier alpha value is -1.40. The molecule has 21 heavy (non-hydrogen) atoms. The van der Waals surface area contributed by atoms with E-state index in [0.29, 0.717) is 19.4 Å². The average Bonchev–Trinajstić information content (AvgIpc) is 2.98.